The Labute approximate surface area is 120 Å². The summed E-state index contributed by atoms with van der Waals surface area (Å²) in [5, 5.41) is 0. The average Bonchev–Trinajstić information content (AvgIpc) is 2.64. The van der Waals surface area contributed by atoms with Crippen LogP contribution in [0.3, 0.4) is 0 Å². The van der Waals surface area contributed by atoms with E-state index in [0.717, 1.165) is 26.1 Å². The summed E-state index contributed by atoms with van der Waals surface area (Å²) < 4.78 is 11.1. The normalized spacial score (nSPS) is 20.4. The molecule has 4 heteroatoms. The number of benzene rings is 1. The van der Waals surface area contributed by atoms with Crippen LogP contribution in [0.5, 0.6) is 5.75 Å². The Hall–Kier alpha value is -1.39. The number of carbonyl (C=O) groups is 1. The van der Waals surface area contributed by atoms with Gasteiger partial charge in [-0.3, -0.25) is 9.69 Å². The van der Waals surface area contributed by atoms with Crippen LogP contribution in [0.4, 0.5) is 0 Å². The Morgan fingerprint density at radius 2 is 2.25 bits per heavy atom. The Balaban J connectivity index is 2.03. The number of hydrogen-bond acceptors (Lipinski definition) is 4. The SMILES string of the molecule is CCOc1ccccc1C(=O)CN1CCCOC(C)C1. The van der Waals surface area contributed by atoms with Gasteiger partial charge in [0.1, 0.15) is 5.75 Å². The van der Waals surface area contributed by atoms with E-state index in [1.807, 2.05) is 31.2 Å². The minimum Gasteiger partial charge on any atom is -0.493 e. The summed E-state index contributed by atoms with van der Waals surface area (Å²) in [6.45, 7) is 7.47. The molecule has 4 nitrogen and oxygen atoms in total. The molecule has 1 saturated heterocycles. The van der Waals surface area contributed by atoms with Gasteiger partial charge in [0.25, 0.3) is 0 Å². The molecular weight excluding hydrogens is 254 g/mol. The lowest BCUT2D eigenvalue weighted by Gasteiger charge is -2.21. The summed E-state index contributed by atoms with van der Waals surface area (Å²) in [6, 6.07) is 7.46. The summed E-state index contributed by atoms with van der Waals surface area (Å²) >= 11 is 0. The van der Waals surface area contributed by atoms with Gasteiger partial charge >= 0.3 is 0 Å². The van der Waals surface area contributed by atoms with Gasteiger partial charge in [0, 0.05) is 19.7 Å². The van der Waals surface area contributed by atoms with Gasteiger partial charge in [0.15, 0.2) is 5.78 Å². The first-order chi connectivity index (χ1) is 9.70. The fraction of sp³-hybridized carbons (Fsp3) is 0.562. The van der Waals surface area contributed by atoms with Gasteiger partial charge in [-0.1, -0.05) is 12.1 Å². The molecule has 0 radical (unpaired) electrons. The maximum Gasteiger partial charge on any atom is 0.180 e. The van der Waals surface area contributed by atoms with E-state index in [4.69, 9.17) is 9.47 Å². The van der Waals surface area contributed by atoms with E-state index in [-0.39, 0.29) is 11.9 Å². The first kappa shape index (κ1) is 15.0. The highest BCUT2D eigenvalue weighted by molar-refractivity contribution is 6.00. The molecule has 0 N–H and O–H groups in total. The van der Waals surface area contributed by atoms with Gasteiger partial charge < -0.3 is 9.47 Å². The van der Waals surface area contributed by atoms with E-state index in [1.165, 1.54) is 0 Å². The number of ether oxygens (including phenoxy) is 2. The van der Waals surface area contributed by atoms with Crippen molar-refractivity contribution in [2.24, 2.45) is 0 Å². The molecule has 1 aromatic rings. The molecule has 1 fully saturated rings. The van der Waals surface area contributed by atoms with Crippen LogP contribution in [0.15, 0.2) is 24.3 Å². The summed E-state index contributed by atoms with van der Waals surface area (Å²) in [5.41, 5.74) is 0.673. The van der Waals surface area contributed by atoms with Crippen LogP contribution < -0.4 is 4.74 Å². The summed E-state index contributed by atoms with van der Waals surface area (Å²) in [4.78, 5) is 14.6. The van der Waals surface area contributed by atoms with Crippen molar-refractivity contribution < 1.29 is 14.3 Å². The van der Waals surface area contributed by atoms with E-state index in [9.17, 15) is 4.79 Å². The number of rotatable bonds is 5. The molecule has 1 aliphatic heterocycles. The Morgan fingerprint density at radius 3 is 3.05 bits per heavy atom. The van der Waals surface area contributed by atoms with Crippen molar-refractivity contribution in [3.8, 4) is 5.75 Å². The highest BCUT2D eigenvalue weighted by atomic mass is 16.5. The van der Waals surface area contributed by atoms with Crippen LogP contribution in [0.2, 0.25) is 0 Å². The molecule has 0 bridgehead atoms. The van der Waals surface area contributed by atoms with Crippen LogP contribution in [-0.4, -0.2) is 49.6 Å². The zero-order valence-corrected chi connectivity index (χ0v) is 12.3. The van der Waals surface area contributed by atoms with Crippen molar-refractivity contribution in [2.45, 2.75) is 26.4 Å². The molecule has 0 saturated carbocycles. The maximum atomic E-state index is 12.5. The Morgan fingerprint density at radius 1 is 1.45 bits per heavy atom. The highest BCUT2D eigenvalue weighted by Gasteiger charge is 2.20. The number of para-hydroxylation sites is 1. The van der Waals surface area contributed by atoms with Crippen molar-refractivity contribution in [1.29, 1.82) is 0 Å². The lowest BCUT2D eigenvalue weighted by molar-refractivity contribution is 0.0656. The van der Waals surface area contributed by atoms with E-state index in [0.29, 0.717) is 24.5 Å². The fourth-order valence-electron chi connectivity index (χ4n) is 2.49. The standard InChI is InChI=1S/C16H23NO3/c1-3-19-16-8-5-4-7-14(16)15(18)12-17-9-6-10-20-13(2)11-17/h4-5,7-8,13H,3,6,9-12H2,1-2H3. The molecule has 1 atom stereocenters. The smallest absolute Gasteiger partial charge is 0.180 e. The number of ketones is 1. The van der Waals surface area contributed by atoms with E-state index < -0.39 is 0 Å². The third-order valence-corrected chi connectivity index (χ3v) is 3.39. The van der Waals surface area contributed by atoms with E-state index in [1.54, 1.807) is 0 Å². The lowest BCUT2D eigenvalue weighted by atomic mass is 10.1. The predicted octanol–water partition coefficient (Wildman–Crippen LogP) is 2.38. The molecule has 2 rings (SSSR count). The third kappa shape index (κ3) is 4.05. The molecule has 1 heterocycles. The molecule has 1 unspecified atom stereocenters. The van der Waals surface area contributed by atoms with Crippen LogP contribution in [-0.2, 0) is 4.74 Å². The summed E-state index contributed by atoms with van der Waals surface area (Å²) in [5.74, 6) is 0.794. The van der Waals surface area contributed by atoms with Gasteiger partial charge in [-0.25, -0.2) is 0 Å². The van der Waals surface area contributed by atoms with Gasteiger partial charge in [0.2, 0.25) is 0 Å². The second-order valence-corrected chi connectivity index (χ2v) is 5.12. The second-order valence-electron chi connectivity index (χ2n) is 5.12. The first-order valence-corrected chi connectivity index (χ1v) is 7.29. The number of nitrogens with zero attached hydrogens (tertiary/aromatic N) is 1. The minimum atomic E-state index is 0.114. The molecule has 110 valence electrons. The monoisotopic (exact) mass is 277 g/mol. The molecule has 0 spiro atoms. The van der Waals surface area contributed by atoms with Crippen LogP contribution in [0.25, 0.3) is 0 Å². The Kier molecular flexibility index (Phi) is 5.56. The van der Waals surface area contributed by atoms with E-state index >= 15 is 0 Å². The number of Topliss-reactive ketones (excluding diaryl/α,β-unsaturated/α-hetero) is 1. The van der Waals surface area contributed by atoms with Crippen molar-refractivity contribution in [3.63, 3.8) is 0 Å². The van der Waals surface area contributed by atoms with Crippen LogP contribution in [0.1, 0.15) is 30.6 Å². The maximum absolute atomic E-state index is 12.5. The first-order valence-electron chi connectivity index (χ1n) is 7.29. The zero-order chi connectivity index (χ0) is 14.4. The zero-order valence-electron chi connectivity index (χ0n) is 12.3. The average molecular weight is 277 g/mol. The second kappa shape index (κ2) is 7.41. The molecule has 1 aromatic carbocycles. The largest absolute Gasteiger partial charge is 0.493 e. The molecule has 0 amide bonds. The number of hydrogen-bond donors (Lipinski definition) is 0. The van der Waals surface area contributed by atoms with Crippen LogP contribution >= 0.6 is 0 Å². The molecule has 20 heavy (non-hydrogen) atoms. The molecule has 0 aliphatic carbocycles. The van der Waals surface area contributed by atoms with Crippen molar-refractivity contribution in [3.05, 3.63) is 29.8 Å². The van der Waals surface area contributed by atoms with Crippen LogP contribution in [0, 0.1) is 0 Å². The highest BCUT2D eigenvalue weighted by Crippen LogP contribution is 2.19. The minimum absolute atomic E-state index is 0.114. The topological polar surface area (TPSA) is 38.8 Å². The number of carbonyl (C=O) groups excluding carboxylic acids is 1. The van der Waals surface area contributed by atoms with Gasteiger partial charge in [-0.15, -0.1) is 0 Å². The molecule has 1 aliphatic rings. The predicted molar refractivity (Wildman–Crippen MR) is 78.4 cm³/mol. The van der Waals surface area contributed by atoms with Gasteiger partial charge in [0.05, 0.1) is 24.8 Å². The summed E-state index contributed by atoms with van der Waals surface area (Å²) in [6.07, 6.45) is 1.16. The van der Waals surface area contributed by atoms with E-state index in [2.05, 4.69) is 11.8 Å². The molecule has 0 aromatic heterocycles. The quantitative estimate of drug-likeness (QED) is 0.775. The third-order valence-electron chi connectivity index (χ3n) is 3.39. The fourth-order valence-corrected chi connectivity index (χ4v) is 2.49. The summed E-state index contributed by atoms with van der Waals surface area (Å²) in [7, 11) is 0. The van der Waals surface area contributed by atoms with Crippen molar-refractivity contribution in [2.75, 3.05) is 32.8 Å². The lowest BCUT2D eigenvalue weighted by Crippen LogP contribution is -2.34. The van der Waals surface area contributed by atoms with Gasteiger partial charge in [-0.05, 0) is 32.4 Å². The Bertz CT molecular complexity index is 447. The van der Waals surface area contributed by atoms with Crippen molar-refractivity contribution >= 4 is 5.78 Å². The molecular formula is C16H23NO3. The van der Waals surface area contributed by atoms with Crippen molar-refractivity contribution in [1.82, 2.24) is 4.90 Å². The van der Waals surface area contributed by atoms with Gasteiger partial charge in [-0.2, -0.15) is 0 Å².